The molecule has 7 nitrogen and oxygen atoms in total. The maximum Gasteiger partial charge on any atom is 0.233 e. The van der Waals surface area contributed by atoms with Crippen LogP contribution in [0, 0.1) is 6.92 Å². The zero-order valence-electron chi connectivity index (χ0n) is 18.7. The number of rotatable bonds is 7. The number of carbonyl (C=O) groups is 1. The maximum absolute atomic E-state index is 12.8. The van der Waals surface area contributed by atoms with E-state index >= 15 is 0 Å². The summed E-state index contributed by atoms with van der Waals surface area (Å²) in [5.74, 6) is 1.94. The van der Waals surface area contributed by atoms with Crippen LogP contribution in [0.5, 0.6) is 5.75 Å². The van der Waals surface area contributed by atoms with Crippen LogP contribution in [0.15, 0.2) is 53.7 Å². The van der Waals surface area contributed by atoms with Gasteiger partial charge in [-0.1, -0.05) is 35.5 Å². The molecule has 8 heteroatoms. The summed E-state index contributed by atoms with van der Waals surface area (Å²) >= 11 is 1.41. The predicted molar refractivity (Wildman–Crippen MR) is 125 cm³/mol. The quantitative estimate of drug-likeness (QED) is 0.505. The van der Waals surface area contributed by atoms with Gasteiger partial charge < -0.3 is 14.4 Å². The summed E-state index contributed by atoms with van der Waals surface area (Å²) in [6.07, 6.45) is 0.0677. The summed E-state index contributed by atoms with van der Waals surface area (Å²) in [7, 11) is 0. The zero-order valence-corrected chi connectivity index (χ0v) is 19.5. The number of aryl methyl sites for hydroxylation is 1. The molecule has 0 saturated carbocycles. The first kappa shape index (κ1) is 22.4. The summed E-state index contributed by atoms with van der Waals surface area (Å²) in [6.45, 7) is 8.46. The van der Waals surface area contributed by atoms with Crippen LogP contribution in [0.4, 0.5) is 0 Å². The van der Waals surface area contributed by atoms with Gasteiger partial charge in [0.05, 0.1) is 25.1 Å². The van der Waals surface area contributed by atoms with E-state index in [1.165, 1.54) is 11.8 Å². The second-order valence-electron chi connectivity index (χ2n) is 7.75. The molecule has 1 aliphatic rings. The number of morpholine rings is 1. The van der Waals surface area contributed by atoms with Crippen LogP contribution in [0.3, 0.4) is 0 Å². The molecule has 0 aliphatic carbocycles. The van der Waals surface area contributed by atoms with E-state index in [0.29, 0.717) is 37.2 Å². The smallest absolute Gasteiger partial charge is 0.233 e. The molecule has 32 heavy (non-hydrogen) atoms. The Morgan fingerprint density at radius 2 is 2.03 bits per heavy atom. The van der Waals surface area contributed by atoms with Crippen LogP contribution >= 0.6 is 11.8 Å². The fourth-order valence-electron chi connectivity index (χ4n) is 3.69. The molecule has 4 rings (SSSR count). The molecule has 1 fully saturated rings. The number of hydrogen-bond acceptors (Lipinski definition) is 6. The van der Waals surface area contributed by atoms with E-state index in [4.69, 9.17) is 9.47 Å². The van der Waals surface area contributed by atoms with Gasteiger partial charge in [0, 0.05) is 24.3 Å². The fourth-order valence-corrected chi connectivity index (χ4v) is 4.54. The van der Waals surface area contributed by atoms with Gasteiger partial charge in [0.15, 0.2) is 11.0 Å². The third kappa shape index (κ3) is 5.14. The van der Waals surface area contributed by atoms with Crippen molar-refractivity contribution in [1.29, 1.82) is 0 Å². The van der Waals surface area contributed by atoms with E-state index in [2.05, 4.69) is 29.3 Å². The lowest BCUT2D eigenvalue weighted by molar-refractivity contribution is -0.135. The van der Waals surface area contributed by atoms with Crippen molar-refractivity contribution in [3.8, 4) is 22.8 Å². The highest BCUT2D eigenvalue weighted by atomic mass is 32.2. The molecule has 1 atom stereocenters. The van der Waals surface area contributed by atoms with Crippen LogP contribution in [0.2, 0.25) is 0 Å². The number of carbonyl (C=O) groups excluding carboxylic acids is 1. The molecule has 2 heterocycles. The van der Waals surface area contributed by atoms with E-state index in [1.807, 2.05) is 59.7 Å². The predicted octanol–water partition coefficient (Wildman–Crippen LogP) is 3.98. The van der Waals surface area contributed by atoms with Gasteiger partial charge in [-0.05, 0) is 51.1 Å². The standard InChI is InChI=1S/C24H28N4O3S/c1-4-30-21-10-8-20(9-11-21)28-23(19-7-5-6-17(2)14-19)25-26-24(28)32-16-22(29)27-12-13-31-18(3)15-27/h5-11,14,18H,4,12-13,15-16H2,1-3H3. The fraction of sp³-hybridized carbons (Fsp3) is 0.375. The van der Waals surface area contributed by atoms with Crippen molar-refractivity contribution < 1.29 is 14.3 Å². The molecule has 1 aliphatic heterocycles. The molecule has 1 saturated heterocycles. The molecule has 1 amide bonds. The molecule has 0 bridgehead atoms. The summed E-state index contributed by atoms with van der Waals surface area (Å²) in [5, 5.41) is 9.60. The molecule has 0 radical (unpaired) electrons. The first-order chi connectivity index (χ1) is 15.5. The Kier molecular flexibility index (Phi) is 7.12. The first-order valence-corrected chi connectivity index (χ1v) is 11.8. The third-order valence-corrected chi connectivity index (χ3v) is 6.15. The monoisotopic (exact) mass is 452 g/mol. The Hall–Kier alpha value is -2.84. The Morgan fingerprint density at radius 3 is 2.75 bits per heavy atom. The molecule has 1 aromatic heterocycles. The van der Waals surface area contributed by atoms with Gasteiger partial charge in [0.25, 0.3) is 0 Å². The molecule has 2 aromatic carbocycles. The lowest BCUT2D eigenvalue weighted by atomic mass is 10.1. The summed E-state index contributed by atoms with van der Waals surface area (Å²) in [4.78, 5) is 14.6. The largest absolute Gasteiger partial charge is 0.494 e. The summed E-state index contributed by atoms with van der Waals surface area (Å²) in [6, 6.07) is 16.0. The number of thioether (sulfide) groups is 1. The van der Waals surface area contributed by atoms with Gasteiger partial charge >= 0.3 is 0 Å². The second kappa shape index (κ2) is 10.2. The van der Waals surface area contributed by atoms with Crippen LogP contribution in [0.25, 0.3) is 17.1 Å². The van der Waals surface area contributed by atoms with E-state index < -0.39 is 0 Å². The summed E-state index contributed by atoms with van der Waals surface area (Å²) in [5.41, 5.74) is 3.05. The first-order valence-electron chi connectivity index (χ1n) is 10.8. The minimum absolute atomic E-state index is 0.0677. The van der Waals surface area contributed by atoms with Gasteiger partial charge in [-0.25, -0.2) is 0 Å². The van der Waals surface area contributed by atoms with E-state index in [9.17, 15) is 4.79 Å². The number of benzene rings is 2. The normalized spacial score (nSPS) is 16.2. The number of nitrogens with zero attached hydrogens (tertiary/aromatic N) is 4. The Morgan fingerprint density at radius 1 is 1.22 bits per heavy atom. The van der Waals surface area contributed by atoms with Crippen molar-refractivity contribution in [2.75, 3.05) is 32.1 Å². The third-order valence-electron chi connectivity index (χ3n) is 5.23. The molecule has 1 unspecified atom stereocenters. The molecular formula is C24H28N4O3S. The highest BCUT2D eigenvalue weighted by Crippen LogP contribution is 2.29. The van der Waals surface area contributed by atoms with Crippen LogP contribution in [-0.2, 0) is 9.53 Å². The van der Waals surface area contributed by atoms with Gasteiger partial charge in [0.2, 0.25) is 5.91 Å². The van der Waals surface area contributed by atoms with Gasteiger partial charge in [-0.3, -0.25) is 9.36 Å². The number of hydrogen-bond donors (Lipinski definition) is 0. The van der Waals surface area contributed by atoms with Crippen LogP contribution in [0.1, 0.15) is 19.4 Å². The zero-order chi connectivity index (χ0) is 22.5. The van der Waals surface area contributed by atoms with Crippen molar-refractivity contribution >= 4 is 17.7 Å². The van der Waals surface area contributed by atoms with E-state index in [-0.39, 0.29) is 12.0 Å². The van der Waals surface area contributed by atoms with Crippen molar-refractivity contribution in [1.82, 2.24) is 19.7 Å². The van der Waals surface area contributed by atoms with E-state index in [1.54, 1.807) is 0 Å². The summed E-state index contributed by atoms with van der Waals surface area (Å²) < 4.78 is 13.1. The average Bonchev–Trinajstić information content (AvgIpc) is 3.22. The van der Waals surface area contributed by atoms with Crippen LogP contribution < -0.4 is 4.74 Å². The highest BCUT2D eigenvalue weighted by molar-refractivity contribution is 7.99. The van der Waals surface area contributed by atoms with Crippen molar-refractivity contribution in [3.05, 3.63) is 54.1 Å². The molecule has 168 valence electrons. The Bertz CT molecular complexity index is 1070. The van der Waals surface area contributed by atoms with Crippen molar-refractivity contribution in [2.24, 2.45) is 0 Å². The van der Waals surface area contributed by atoms with Gasteiger partial charge in [-0.2, -0.15) is 0 Å². The molecule has 0 N–H and O–H groups in total. The minimum atomic E-state index is 0.0677. The number of ether oxygens (including phenoxy) is 2. The van der Waals surface area contributed by atoms with Crippen molar-refractivity contribution in [2.45, 2.75) is 32.0 Å². The molecule has 0 spiro atoms. The lowest BCUT2D eigenvalue weighted by Gasteiger charge is -2.31. The molecule has 3 aromatic rings. The Balaban J connectivity index is 1.62. The maximum atomic E-state index is 12.8. The van der Waals surface area contributed by atoms with Gasteiger partial charge in [0.1, 0.15) is 5.75 Å². The molecular weight excluding hydrogens is 424 g/mol. The SMILES string of the molecule is CCOc1ccc(-n2c(SCC(=O)N3CCOC(C)C3)nnc2-c2cccc(C)c2)cc1. The van der Waals surface area contributed by atoms with E-state index in [0.717, 1.165) is 28.4 Å². The lowest BCUT2D eigenvalue weighted by Crippen LogP contribution is -2.45. The Labute approximate surface area is 192 Å². The minimum Gasteiger partial charge on any atom is -0.494 e. The van der Waals surface area contributed by atoms with Gasteiger partial charge in [-0.15, -0.1) is 10.2 Å². The van der Waals surface area contributed by atoms with Crippen LogP contribution in [-0.4, -0.2) is 63.7 Å². The highest BCUT2D eigenvalue weighted by Gasteiger charge is 2.23. The number of amides is 1. The number of aromatic nitrogens is 3. The topological polar surface area (TPSA) is 69.5 Å². The van der Waals surface area contributed by atoms with Crippen molar-refractivity contribution in [3.63, 3.8) is 0 Å². The average molecular weight is 453 g/mol. The second-order valence-corrected chi connectivity index (χ2v) is 8.69.